The topological polar surface area (TPSA) is 54.0 Å². The van der Waals surface area contributed by atoms with E-state index < -0.39 is 0 Å². The first-order valence-corrected chi connectivity index (χ1v) is 7.70. The minimum absolute atomic E-state index is 0.128. The van der Waals surface area contributed by atoms with Gasteiger partial charge in [-0.3, -0.25) is 9.78 Å². The van der Waals surface area contributed by atoms with Crippen LogP contribution < -0.4 is 10.6 Å². The molecule has 2 aromatic rings. The molecule has 1 amide bonds. The molecule has 0 saturated heterocycles. The molecule has 0 aliphatic rings. The van der Waals surface area contributed by atoms with Crippen molar-refractivity contribution in [3.8, 4) is 0 Å². The zero-order valence-electron chi connectivity index (χ0n) is 13.5. The number of amides is 1. The van der Waals surface area contributed by atoms with Gasteiger partial charge in [-0.15, -0.1) is 0 Å². The second kappa shape index (κ2) is 8.39. The molecule has 0 radical (unpaired) electrons. The van der Waals surface area contributed by atoms with Crippen LogP contribution in [0.2, 0.25) is 0 Å². The SMILES string of the molecule is Cc1cccnc1CC(C)NCC(=O)NCc1ccccc1F. The van der Waals surface area contributed by atoms with E-state index in [-0.39, 0.29) is 30.9 Å². The molecule has 0 fully saturated rings. The summed E-state index contributed by atoms with van der Waals surface area (Å²) in [5.41, 5.74) is 2.66. The van der Waals surface area contributed by atoms with Gasteiger partial charge in [0.1, 0.15) is 5.82 Å². The summed E-state index contributed by atoms with van der Waals surface area (Å²) >= 11 is 0. The second-order valence-electron chi connectivity index (χ2n) is 5.62. The van der Waals surface area contributed by atoms with Gasteiger partial charge in [-0.05, 0) is 31.5 Å². The van der Waals surface area contributed by atoms with E-state index in [4.69, 9.17) is 0 Å². The molecule has 0 saturated carbocycles. The predicted molar refractivity (Wildman–Crippen MR) is 88.4 cm³/mol. The maximum absolute atomic E-state index is 13.5. The Morgan fingerprint density at radius 2 is 2.04 bits per heavy atom. The van der Waals surface area contributed by atoms with Crippen molar-refractivity contribution in [2.24, 2.45) is 0 Å². The smallest absolute Gasteiger partial charge is 0.234 e. The molecular formula is C18H22FN3O. The minimum atomic E-state index is -0.306. The van der Waals surface area contributed by atoms with E-state index >= 15 is 0 Å². The van der Waals surface area contributed by atoms with Gasteiger partial charge in [-0.2, -0.15) is 0 Å². The third-order valence-electron chi connectivity index (χ3n) is 3.66. The number of nitrogens with one attached hydrogen (secondary N) is 2. The Morgan fingerprint density at radius 1 is 1.26 bits per heavy atom. The van der Waals surface area contributed by atoms with Gasteiger partial charge in [0.2, 0.25) is 5.91 Å². The Morgan fingerprint density at radius 3 is 2.78 bits per heavy atom. The molecule has 1 aromatic heterocycles. The van der Waals surface area contributed by atoms with Crippen molar-refractivity contribution in [2.75, 3.05) is 6.54 Å². The first-order chi connectivity index (χ1) is 11.1. The molecule has 2 rings (SSSR count). The highest BCUT2D eigenvalue weighted by Gasteiger charge is 2.09. The van der Waals surface area contributed by atoms with Crippen LogP contribution in [0.25, 0.3) is 0 Å². The highest BCUT2D eigenvalue weighted by Crippen LogP contribution is 2.06. The highest BCUT2D eigenvalue weighted by molar-refractivity contribution is 5.78. The number of pyridine rings is 1. The zero-order valence-corrected chi connectivity index (χ0v) is 13.5. The Hall–Kier alpha value is -2.27. The monoisotopic (exact) mass is 315 g/mol. The number of carbonyl (C=O) groups excluding carboxylic acids is 1. The van der Waals surface area contributed by atoms with Crippen LogP contribution in [-0.2, 0) is 17.8 Å². The molecule has 0 bridgehead atoms. The lowest BCUT2D eigenvalue weighted by Crippen LogP contribution is -2.38. The lowest BCUT2D eigenvalue weighted by atomic mass is 10.1. The van der Waals surface area contributed by atoms with E-state index in [2.05, 4.69) is 15.6 Å². The summed E-state index contributed by atoms with van der Waals surface area (Å²) in [4.78, 5) is 16.2. The van der Waals surface area contributed by atoms with Gasteiger partial charge < -0.3 is 10.6 Å². The van der Waals surface area contributed by atoms with Gasteiger partial charge in [0.15, 0.2) is 0 Å². The van der Waals surface area contributed by atoms with Crippen LogP contribution in [0.1, 0.15) is 23.7 Å². The lowest BCUT2D eigenvalue weighted by molar-refractivity contribution is -0.120. The maximum Gasteiger partial charge on any atom is 0.234 e. The van der Waals surface area contributed by atoms with E-state index in [0.717, 1.165) is 17.7 Å². The van der Waals surface area contributed by atoms with Gasteiger partial charge in [-0.25, -0.2) is 4.39 Å². The van der Waals surface area contributed by atoms with Crippen LogP contribution in [0.5, 0.6) is 0 Å². The van der Waals surface area contributed by atoms with E-state index in [1.54, 1.807) is 24.4 Å². The van der Waals surface area contributed by atoms with Gasteiger partial charge in [0.25, 0.3) is 0 Å². The standard InChI is InChI=1S/C18H22FN3O/c1-13-6-5-9-20-17(13)10-14(2)21-12-18(23)22-11-15-7-3-4-8-16(15)19/h3-9,14,21H,10-12H2,1-2H3,(H,22,23). The summed E-state index contributed by atoms with van der Waals surface area (Å²) in [6.07, 6.45) is 2.53. The average molecular weight is 315 g/mol. The molecule has 0 aliphatic carbocycles. The fourth-order valence-corrected chi connectivity index (χ4v) is 2.26. The van der Waals surface area contributed by atoms with Crippen molar-refractivity contribution < 1.29 is 9.18 Å². The molecule has 1 heterocycles. The number of carbonyl (C=O) groups is 1. The number of hydrogen-bond acceptors (Lipinski definition) is 3. The Balaban J connectivity index is 1.74. The van der Waals surface area contributed by atoms with E-state index in [9.17, 15) is 9.18 Å². The Kier molecular flexibility index (Phi) is 6.23. The maximum atomic E-state index is 13.5. The average Bonchev–Trinajstić information content (AvgIpc) is 2.54. The predicted octanol–water partition coefficient (Wildman–Crippen LogP) is 2.37. The highest BCUT2D eigenvalue weighted by atomic mass is 19.1. The molecular weight excluding hydrogens is 293 g/mol. The van der Waals surface area contributed by atoms with E-state index in [0.29, 0.717) is 5.56 Å². The fraction of sp³-hybridized carbons (Fsp3) is 0.333. The van der Waals surface area contributed by atoms with Crippen molar-refractivity contribution >= 4 is 5.91 Å². The molecule has 0 aliphatic heterocycles. The van der Waals surface area contributed by atoms with Gasteiger partial charge >= 0.3 is 0 Å². The Labute approximate surface area is 136 Å². The molecule has 4 nitrogen and oxygen atoms in total. The van der Waals surface area contributed by atoms with Crippen LogP contribution in [-0.4, -0.2) is 23.5 Å². The molecule has 2 N–H and O–H groups in total. The number of rotatable bonds is 7. The van der Waals surface area contributed by atoms with Crippen LogP contribution in [0.15, 0.2) is 42.6 Å². The first-order valence-electron chi connectivity index (χ1n) is 7.70. The number of halogens is 1. The molecule has 1 unspecified atom stereocenters. The molecule has 1 atom stereocenters. The van der Waals surface area contributed by atoms with E-state index in [1.807, 2.05) is 26.0 Å². The summed E-state index contributed by atoms with van der Waals surface area (Å²) < 4.78 is 13.5. The number of benzene rings is 1. The van der Waals surface area contributed by atoms with Crippen LogP contribution in [0.3, 0.4) is 0 Å². The van der Waals surface area contributed by atoms with Gasteiger partial charge in [-0.1, -0.05) is 24.3 Å². The largest absolute Gasteiger partial charge is 0.351 e. The van der Waals surface area contributed by atoms with Crippen molar-refractivity contribution in [1.29, 1.82) is 0 Å². The van der Waals surface area contributed by atoms with Gasteiger partial charge in [0.05, 0.1) is 6.54 Å². The fourth-order valence-electron chi connectivity index (χ4n) is 2.26. The lowest BCUT2D eigenvalue weighted by Gasteiger charge is -2.14. The number of nitrogens with zero attached hydrogens (tertiary/aromatic N) is 1. The molecule has 1 aromatic carbocycles. The van der Waals surface area contributed by atoms with Crippen molar-refractivity contribution in [3.05, 3.63) is 65.2 Å². The quantitative estimate of drug-likeness (QED) is 0.825. The van der Waals surface area contributed by atoms with Crippen molar-refractivity contribution in [1.82, 2.24) is 15.6 Å². The van der Waals surface area contributed by atoms with Crippen molar-refractivity contribution in [2.45, 2.75) is 32.9 Å². The summed E-state index contributed by atoms with van der Waals surface area (Å²) in [7, 11) is 0. The molecule has 5 heteroatoms. The van der Waals surface area contributed by atoms with Crippen molar-refractivity contribution in [3.63, 3.8) is 0 Å². The second-order valence-corrected chi connectivity index (χ2v) is 5.62. The summed E-state index contributed by atoms with van der Waals surface area (Å²) in [6.45, 7) is 4.43. The number of hydrogen-bond donors (Lipinski definition) is 2. The van der Waals surface area contributed by atoms with Crippen LogP contribution in [0.4, 0.5) is 4.39 Å². The summed E-state index contributed by atoms with van der Waals surface area (Å²) in [5, 5.41) is 5.88. The molecule has 122 valence electrons. The first kappa shape index (κ1) is 17.1. The summed E-state index contributed by atoms with van der Waals surface area (Å²) in [6, 6.07) is 10.5. The molecule has 0 spiro atoms. The summed E-state index contributed by atoms with van der Waals surface area (Å²) in [5.74, 6) is -0.461. The third-order valence-corrected chi connectivity index (χ3v) is 3.66. The zero-order chi connectivity index (χ0) is 16.7. The van der Waals surface area contributed by atoms with Crippen LogP contribution >= 0.6 is 0 Å². The Bertz CT molecular complexity index is 660. The third kappa shape index (κ3) is 5.45. The minimum Gasteiger partial charge on any atom is -0.351 e. The number of aryl methyl sites for hydroxylation is 1. The van der Waals surface area contributed by atoms with Crippen LogP contribution in [0, 0.1) is 12.7 Å². The van der Waals surface area contributed by atoms with Gasteiger partial charge in [0, 0.05) is 36.5 Å². The van der Waals surface area contributed by atoms with E-state index in [1.165, 1.54) is 6.07 Å². The molecule has 23 heavy (non-hydrogen) atoms. The number of aromatic nitrogens is 1. The normalized spacial score (nSPS) is 12.0.